The van der Waals surface area contributed by atoms with Crippen LogP contribution in [-0.2, 0) is 11.3 Å². The van der Waals surface area contributed by atoms with Gasteiger partial charge in [-0.15, -0.1) is 0 Å². The van der Waals surface area contributed by atoms with E-state index in [4.69, 9.17) is 12.2 Å². The van der Waals surface area contributed by atoms with E-state index in [2.05, 4.69) is 36.6 Å². The molecule has 9 heteroatoms. The third kappa shape index (κ3) is 8.93. The van der Waals surface area contributed by atoms with Gasteiger partial charge in [0.15, 0.2) is 0 Å². The van der Waals surface area contributed by atoms with Gasteiger partial charge in [-0.05, 0) is 37.9 Å². The smallest absolute Gasteiger partial charge is 0.270 e. The zero-order valence-electron chi connectivity index (χ0n) is 26.4. The van der Waals surface area contributed by atoms with Crippen molar-refractivity contribution in [3.8, 4) is 6.07 Å². The molecule has 232 valence electrons. The number of amides is 1. The number of hydrogen-bond donors (Lipinski definition) is 0. The molecule has 0 saturated carbocycles. The molecule has 1 aromatic heterocycles. The second kappa shape index (κ2) is 17.8. The second-order valence-corrected chi connectivity index (χ2v) is 13.3. The lowest BCUT2D eigenvalue weighted by Gasteiger charge is -2.37. The monoisotopic (exact) mass is 613 g/mol. The van der Waals surface area contributed by atoms with Crippen LogP contribution in [0.2, 0.25) is 0 Å². The first-order chi connectivity index (χ1) is 20.4. The number of thiocarbonyl (C=S) groups is 1. The molecule has 2 aliphatic heterocycles. The summed E-state index contributed by atoms with van der Waals surface area (Å²) in [5, 5.41) is 9.96. The van der Waals surface area contributed by atoms with Gasteiger partial charge in [0.05, 0.1) is 4.91 Å². The molecule has 0 bridgehead atoms. The second-order valence-electron chi connectivity index (χ2n) is 11.6. The number of nitrogens with zero attached hydrogens (tertiary/aromatic N) is 5. The maximum atomic E-state index is 13.6. The maximum Gasteiger partial charge on any atom is 0.270 e. The van der Waals surface area contributed by atoms with Crippen LogP contribution in [0.25, 0.3) is 6.08 Å². The van der Waals surface area contributed by atoms with E-state index < -0.39 is 0 Å². The molecule has 2 aliphatic rings. The van der Waals surface area contributed by atoms with Crippen LogP contribution < -0.4 is 10.5 Å². The van der Waals surface area contributed by atoms with Gasteiger partial charge in [0, 0.05) is 44.8 Å². The zero-order chi connectivity index (χ0) is 30.5. The molecule has 1 amide bonds. The number of hydrogen-bond acceptors (Lipinski definition) is 7. The molecule has 0 unspecified atom stereocenters. The van der Waals surface area contributed by atoms with Gasteiger partial charge in [-0.2, -0.15) is 5.26 Å². The molecule has 0 spiro atoms. The Hall–Kier alpha value is -2.15. The van der Waals surface area contributed by atoms with Gasteiger partial charge in [0.1, 0.15) is 21.8 Å². The molecule has 3 heterocycles. The highest BCUT2D eigenvalue weighted by Crippen LogP contribution is 2.36. The molecule has 0 N–H and O–H groups in total. The van der Waals surface area contributed by atoms with E-state index in [1.54, 1.807) is 9.47 Å². The van der Waals surface area contributed by atoms with E-state index in [0.717, 1.165) is 69.8 Å². The molecule has 2 saturated heterocycles. The zero-order valence-corrected chi connectivity index (χ0v) is 28.0. The Morgan fingerprint density at radius 1 is 0.857 bits per heavy atom. The lowest BCUT2D eigenvalue weighted by molar-refractivity contribution is -0.122. The first-order valence-electron chi connectivity index (χ1n) is 16.3. The van der Waals surface area contributed by atoms with Crippen LogP contribution >= 0.6 is 24.0 Å². The summed E-state index contributed by atoms with van der Waals surface area (Å²) in [6.07, 6.45) is 16.1. The summed E-state index contributed by atoms with van der Waals surface area (Å²) in [5.41, 5.74) is 1.37. The standard InChI is InChI=1S/C33H51N5O2S2/c1-5-8-10-11-12-13-14-15-16-17-19-38-32(40)29(42-33(38)41)24-27-26(4)28(25-34)31(39)37(18-9-6-2)30(27)36-22-20-35(7-3)21-23-36/h24H,5-23H2,1-4H3/b29-24-. The Kier molecular flexibility index (Phi) is 14.6. The van der Waals surface area contributed by atoms with Crippen LogP contribution in [0.1, 0.15) is 115 Å². The van der Waals surface area contributed by atoms with Gasteiger partial charge >= 0.3 is 0 Å². The van der Waals surface area contributed by atoms with E-state index in [1.807, 2.05) is 13.0 Å². The van der Waals surface area contributed by atoms with Gasteiger partial charge < -0.3 is 9.80 Å². The lowest BCUT2D eigenvalue weighted by atomic mass is 10.0. The molecule has 0 aromatic carbocycles. The molecule has 0 radical (unpaired) electrons. The number of piperazine rings is 1. The number of anilines is 1. The van der Waals surface area contributed by atoms with Crippen LogP contribution in [0.15, 0.2) is 9.70 Å². The van der Waals surface area contributed by atoms with E-state index in [-0.39, 0.29) is 17.0 Å². The van der Waals surface area contributed by atoms with E-state index in [9.17, 15) is 14.9 Å². The van der Waals surface area contributed by atoms with Crippen molar-refractivity contribution in [3.05, 3.63) is 31.9 Å². The Morgan fingerprint density at radius 3 is 2.02 bits per heavy atom. The number of likely N-dealkylation sites (N-methyl/N-ethyl adjacent to an activating group) is 1. The van der Waals surface area contributed by atoms with Crippen LogP contribution in [0.3, 0.4) is 0 Å². The first kappa shape index (κ1) is 34.3. The first-order valence-corrected chi connectivity index (χ1v) is 17.5. The Balaban J connectivity index is 1.78. The number of thioether (sulfide) groups is 1. The van der Waals surface area contributed by atoms with Crippen LogP contribution in [0.5, 0.6) is 0 Å². The predicted molar refractivity (Wildman–Crippen MR) is 181 cm³/mol. The van der Waals surface area contributed by atoms with E-state index in [1.165, 1.54) is 63.1 Å². The highest BCUT2D eigenvalue weighted by molar-refractivity contribution is 8.26. The molecule has 42 heavy (non-hydrogen) atoms. The van der Waals surface area contributed by atoms with Gasteiger partial charge in [-0.25, -0.2) is 0 Å². The molecule has 7 nitrogen and oxygen atoms in total. The number of pyridine rings is 1. The summed E-state index contributed by atoms with van der Waals surface area (Å²) in [4.78, 5) is 34.1. The SMILES string of the molecule is CCCCCCCCCCCCN1C(=O)/C(=C/c2c(C)c(C#N)c(=O)n(CCCC)c2N2CCN(CC)CC2)SC1=S. The van der Waals surface area contributed by atoms with Gasteiger partial charge in [0.25, 0.3) is 11.5 Å². The van der Waals surface area contributed by atoms with Crippen molar-refractivity contribution in [1.29, 1.82) is 5.26 Å². The Labute approximate surface area is 263 Å². The normalized spacial score (nSPS) is 17.1. The average Bonchev–Trinajstić information content (AvgIpc) is 3.26. The fraction of sp³-hybridized carbons (Fsp3) is 0.697. The van der Waals surface area contributed by atoms with Gasteiger partial charge in [0.2, 0.25) is 0 Å². The summed E-state index contributed by atoms with van der Waals surface area (Å²) >= 11 is 6.99. The highest BCUT2D eigenvalue weighted by Gasteiger charge is 2.33. The third-order valence-corrected chi connectivity index (χ3v) is 9.96. The molecule has 2 fully saturated rings. The predicted octanol–water partition coefficient (Wildman–Crippen LogP) is 7.09. The molecule has 1 aromatic rings. The minimum absolute atomic E-state index is 0.0631. The van der Waals surface area contributed by atoms with Gasteiger partial charge in [-0.1, -0.05) is 109 Å². The van der Waals surface area contributed by atoms with E-state index in [0.29, 0.717) is 27.9 Å². The van der Waals surface area contributed by atoms with Crippen LogP contribution in [0, 0.1) is 18.3 Å². The largest absolute Gasteiger partial charge is 0.355 e. The van der Waals surface area contributed by atoms with Crippen LogP contribution in [-0.4, -0.2) is 63.9 Å². The number of rotatable bonds is 17. The molecule has 0 aliphatic carbocycles. The number of carbonyl (C=O) groups excluding carboxylic acids is 1. The lowest BCUT2D eigenvalue weighted by Crippen LogP contribution is -2.48. The minimum Gasteiger partial charge on any atom is -0.355 e. The fourth-order valence-electron chi connectivity index (χ4n) is 5.87. The van der Waals surface area contributed by atoms with Crippen LogP contribution in [0.4, 0.5) is 5.82 Å². The van der Waals surface area contributed by atoms with Crippen molar-refractivity contribution in [2.24, 2.45) is 0 Å². The summed E-state index contributed by atoms with van der Waals surface area (Å²) in [6, 6.07) is 2.16. The average molecular weight is 614 g/mol. The van der Waals surface area contributed by atoms with Gasteiger partial charge in [-0.3, -0.25) is 19.1 Å². The molecule has 3 rings (SSSR count). The maximum absolute atomic E-state index is 13.6. The van der Waals surface area contributed by atoms with Crippen molar-refractivity contribution < 1.29 is 4.79 Å². The number of nitriles is 1. The number of carbonyl (C=O) groups is 1. The summed E-state index contributed by atoms with van der Waals surface area (Å²) < 4.78 is 2.38. The molecular weight excluding hydrogens is 563 g/mol. The fourth-order valence-corrected chi connectivity index (χ4v) is 7.16. The van der Waals surface area contributed by atoms with Crippen molar-refractivity contribution in [3.63, 3.8) is 0 Å². The minimum atomic E-state index is -0.234. The summed E-state index contributed by atoms with van der Waals surface area (Å²) in [5.74, 6) is 0.771. The third-order valence-electron chi connectivity index (χ3n) is 8.59. The Bertz CT molecular complexity index is 1190. The van der Waals surface area contributed by atoms with Crippen molar-refractivity contribution in [2.75, 3.05) is 44.2 Å². The van der Waals surface area contributed by atoms with Crippen molar-refractivity contribution in [1.82, 2.24) is 14.4 Å². The number of unbranched alkanes of at least 4 members (excludes halogenated alkanes) is 10. The summed E-state index contributed by atoms with van der Waals surface area (Å²) in [7, 11) is 0. The highest BCUT2D eigenvalue weighted by atomic mass is 32.2. The molecular formula is C33H51N5O2S2. The number of aromatic nitrogens is 1. The molecule has 0 atom stereocenters. The van der Waals surface area contributed by atoms with Crippen molar-refractivity contribution in [2.45, 2.75) is 111 Å². The Morgan fingerprint density at radius 2 is 1.45 bits per heavy atom. The summed E-state index contributed by atoms with van der Waals surface area (Å²) in [6.45, 7) is 14.0. The van der Waals surface area contributed by atoms with Crippen molar-refractivity contribution >= 4 is 46.1 Å². The van der Waals surface area contributed by atoms with E-state index >= 15 is 0 Å². The quantitative estimate of drug-likeness (QED) is 0.105. The topological polar surface area (TPSA) is 72.6 Å².